The average Bonchev–Trinajstić information content (AvgIpc) is 3.01. The third-order valence-electron chi connectivity index (χ3n) is 4.78. The van der Waals surface area contributed by atoms with Crippen LogP contribution in [0.15, 0.2) is 58.0 Å². The van der Waals surface area contributed by atoms with Crippen molar-refractivity contribution in [3.63, 3.8) is 0 Å². The fraction of sp³-hybridized carbons (Fsp3) is 0.300. The molecule has 3 aromatic rings. The van der Waals surface area contributed by atoms with Crippen molar-refractivity contribution >= 4 is 44.5 Å². The second kappa shape index (κ2) is 8.05. The summed E-state index contributed by atoms with van der Waals surface area (Å²) in [6, 6.07) is 15.0. The normalized spacial score (nSPS) is 15.5. The van der Waals surface area contributed by atoms with E-state index in [1.807, 2.05) is 7.05 Å². The van der Waals surface area contributed by atoms with E-state index in [0.29, 0.717) is 0 Å². The Morgan fingerprint density at radius 1 is 1.15 bits per heavy atom. The largest absolute Gasteiger partial charge is 0.388 e. The van der Waals surface area contributed by atoms with Crippen molar-refractivity contribution in [3.8, 4) is 0 Å². The smallest absolute Gasteiger partial charge is 0.0599 e. The lowest BCUT2D eigenvalue weighted by Crippen LogP contribution is -2.42. The Hall–Kier alpha value is -1.47. The van der Waals surface area contributed by atoms with Crippen LogP contribution in [0.2, 0.25) is 0 Å². The summed E-state index contributed by atoms with van der Waals surface area (Å²) in [7, 11) is 1.98. The number of hydrogen-bond donors (Lipinski definition) is 2. The average molecular weight is 431 g/mol. The molecular weight excluding hydrogens is 408 g/mol. The van der Waals surface area contributed by atoms with E-state index < -0.39 is 0 Å². The molecule has 0 saturated carbocycles. The van der Waals surface area contributed by atoms with Gasteiger partial charge in [0, 0.05) is 66.4 Å². The number of aromatic nitrogens is 1. The number of piperazine rings is 1. The van der Waals surface area contributed by atoms with Crippen molar-refractivity contribution < 1.29 is 0 Å². The lowest BCUT2D eigenvalue weighted by atomic mass is 10.1. The highest BCUT2D eigenvalue weighted by Gasteiger charge is 2.16. The summed E-state index contributed by atoms with van der Waals surface area (Å²) in [4.78, 5) is 3.75. The van der Waals surface area contributed by atoms with Gasteiger partial charge in [0.1, 0.15) is 0 Å². The number of halogens is 1. The minimum absolute atomic E-state index is 0.995. The van der Waals surface area contributed by atoms with Crippen molar-refractivity contribution in [2.24, 2.45) is 0 Å². The Bertz CT molecular complexity index is 902. The number of rotatable bonds is 5. The molecule has 0 unspecified atom stereocenters. The van der Waals surface area contributed by atoms with Gasteiger partial charge in [0.15, 0.2) is 0 Å². The van der Waals surface area contributed by atoms with Crippen LogP contribution in [0, 0.1) is 0 Å². The van der Waals surface area contributed by atoms with Crippen molar-refractivity contribution in [1.82, 2.24) is 14.2 Å². The molecule has 0 atom stereocenters. The highest BCUT2D eigenvalue weighted by molar-refractivity contribution is 9.10. The first-order valence-electron chi connectivity index (χ1n) is 8.92. The Kier molecular flexibility index (Phi) is 5.55. The van der Waals surface area contributed by atoms with Crippen LogP contribution in [0.5, 0.6) is 0 Å². The number of hydrogen-bond acceptors (Lipinski definition) is 4. The molecule has 0 radical (unpaired) electrons. The summed E-state index contributed by atoms with van der Waals surface area (Å²) in [5.41, 5.74) is 3.80. The van der Waals surface area contributed by atoms with E-state index in [1.165, 1.54) is 21.4 Å². The van der Waals surface area contributed by atoms with Gasteiger partial charge in [-0.05, 0) is 63.8 Å². The van der Waals surface area contributed by atoms with Crippen molar-refractivity contribution in [3.05, 3.63) is 58.7 Å². The number of nitrogens with one attached hydrogen (secondary N) is 2. The van der Waals surface area contributed by atoms with Gasteiger partial charge < -0.3 is 10.6 Å². The quantitative estimate of drug-likeness (QED) is 0.627. The highest BCUT2D eigenvalue weighted by atomic mass is 79.9. The molecule has 2 aromatic carbocycles. The van der Waals surface area contributed by atoms with Crippen molar-refractivity contribution in [1.29, 1.82) is 0 Å². The van der Waals surface area contributed by atoms with Gasteiger partial charge in [-0.3, -0.25) is 8.87 Å². The highest BCUT2D eigenvalue weighted by Crippen LogP contribution is 2.34. The zero-order chi connectivity index (χ0) is 17.9. The Balaban J connectivity index is 1.71. The van der Waals surface area contributed by atoms with Gasteiger partial charge in [-0.15, -0.1) is 0 Å². The minimum atomic E-state index is 0.995. The van der Waals surface area contributed by atoms with E-state index in [9.17, 15) is 0 Å². The topological polar surface area (TPSA) is 32.2 Å². The third-order valence-corrected chi connectivity index (χ3v) is 6.78. The van der Waals surface area contributed by atoms with E-state index in [2.05, 4.69) is 84.1 Å². The van der Waals surface area contributed by atoms with Crippen LogP contribution < -0.4 is 10.6 Å². The van der Waals surface area contributed by atoms with E-state index in [-0.39, 0.29) is 0 Å². The van der Waals surface area contributed by atoms with Gasteiger partial charge in [0.05, 0.1) is 5.52 Å². The fourth-order valence-electron chi connectivity index (χ4n) is 3.36. The van der Waals surface area contributed by atoms with Crippen molar-refractivity contribution in [2.75, 3.05) is 38.5 Å². The first-order valence-corrected chi connectivity index (χ1v) is 10.5. The molecular formula is C20H23BrN4S. The molecule has 1 aliphatic rings. The molecule has 1 aliphatic heterocycles. The maximum Gasteiger partial charge on any atom is 0.0599 e. The van der Waals surface area contributed by atoms with Gasteiger partial charge in [-0.1, -0.05) is 12.1 Å². The summed E-state index contributed by atoms with van der Waals surface area (Å²) in [5, 5.41) is 8.03. The molecule has 2 N–H and O–H groups in total. The molecule has 6 heteroatoms. The summed E-state index contributed by atoms with van der Waals surface area (Å²) in [6.07, 6.45) is 2.30. The van der Waals surface area contributed by atoms with Gasteiger partial charge in [-0.25, -0.2) is 0 Å². The van der Waals surface area contributed by atoms with E-state index >= 15 is 0 Å². The van der Waals surface area contributed by atoms with Crippen molar-refractivity contribution in [2.45, 2.75) is 11.4 Å². The van der Waals surface area contributed by atoms with Crippen LogP contribution in [-0.2, 0) is 6.54 Å². The molecule has 0 aliphatic carbocycles. The van der Waals surface area contributed by atoms with E-state index in [1.54, 1.807) is 11.9 Å². The number of anilines is 1. The first-order chi connectivity index (χ1) is 12.7. The molecule has 4 rings (SSSR count). The van der Waals surface area contributed by atoms with Crippen LogP contribution in [0.25, 0.3) is 10.9 Å². The standard InChI is InChI=1S/C20H23BrN4S/c1-22-16-6-7-19-17(12-16)15(13-24-10-8-23-9-11-24)14-25(19)26-20-5-3-2-4-18(20)21/h2-7,12,14,22-23H,8-11,13H2,1H3. The predicted octanol–water partition coefficient (Wildman–Crippen LogP) is 4.41. The lowest BCUT2D eigenvalue weighted by Gasteiger charge is -2.26. The molecule has 4 nitrogen and oxygen atoms in total. The maximum absolute atomic E-state index is 3.67. The molecule has 26 heavy (non-hydrogen) atoms. The van der Waals surface area contributed by atoms with Crippen LogP contribution >= 0.6 is 27.9 Å². The second-order valence-electron chi connectivity index (χ2n) is 6.51. The van der Waals surface area contributed by atoms with Crippen LogP contribution in [0.4, 0.5) is 5.69 Å². The minimum Gasteiger partial charge on any atom is -0.388 e. The van der Waals surface area contributed by atoms with E-state index in [0.717, 1.165) is 42.9 Å². The van der Waals surface area contributed by atoms with Crippen LogP contribution in [0.1, 0.15) is 5.56 Å². The Morgan fingerprint density at radius 3 is 2.73 bits per heavy atom. The van der Waals surface area contributed by atoms with Crippen LogP contribution in [-0.4, -0.2) is 42.1 Å². The molecule has 1 aromatic heterocycles. The molecule has 0 spiro atoms. The molecule has 1 saturated heterocycles. The summed E-state index contributed by atoms with van der Waals surface area (Å²) in [5.74, 6) is 0. The molecule has 0 amide bonds. The van der Waals surface area contributed by atoms with Gasteiger partial charge in [0.2, 0.25) is 0 Å². The Morgan fingerprint density at radius 2 is 1.96 bits per heavy atom. The maximum atomic E-state index is 3.67. The molecule has 1 fully saturated rings. The molecule has 0 bridgehead atoms. The Labute approximate surface area is 167 Å². The second-order valence-corrected chi connectivity index (χ2v) is 8.38. The van der Waals surface area contributed by atoms with Gasteiger partial charge >= 0.3 is 0 Å². The molecule has 136 valence electrons. The summed E-state index contributed by atoms with van der Waals surface area (Å²) in [6.45, 7) is 5.36. The summed E-state index contributed by atoms with van der Waals surface area (Å²) < 4.78 is 3.43. The monoisotopic (exact) mass is 430 g/mol. The third kappa shape index (κ3) is 3.78. The zero-order valence-electron chi connectivity index (χ0n) is 14.8. The zero-order valence-corrected chi connectivity index (χ0v) is 17.2. The van der Waals surface area contributed by atoms with Gasteiger partial charge in [0.25, 0.3) is 0 Å². The SMILES string of the molecule is CNc1ccc2c(c1)c(CN1CCNCC1)cn2Sc1ccccc1Br. The number of benzene rings is 2. The number of fused-ring (bicyclic) bond motifs is 1. The predicted molar refractivity (Wildman–Crippen MR) is 115 cm³/mol. The number of nitrogens with zero attached hydrogens (tertiary/aromatic N) is 2. The lowest BCUT2D eigenvalue weighted by molar-refractivity contribution is 0.234. The summed E-state index contributed by atoms with van der Waals surface area (Å²) >= 11 is 5.43. The van der Waals surface area contributed by atoms with E-state index in [4.69, 9.17) is 0 Å². The first kappa shape index (κ1) is 17.9. The molecule has 2 heterocycles. The van der Waals surface area contributed by atoms with Crippen LogP contribution in [0.3, 0.4) is 0 Å². The van der Waals surface area contributed by atoms with Gasteiger partial charge in [-0.2, -0.15) is 0 Å². The fourth-order valence-corrected chi connectivity index (χ4v) is 4.80.